The molecule has 3 heterocycles. The van der Waals surface area contributed by atoms with Crippen LogP contribution < -0.4 is 5.32 Å². The average Bonchev–Trinajstić information content (AvgIpc) is 2.99. The number of hydrogen-bond acceptors (Lipinski definition) is 7. The first kappa shape index (κ1) is 27.0. The lowest BCUT2D eigenvalue weighted by molar-refractivity contribution is -0.149. The van der Waals surface area contributed by atoms with Crippen molar-refractivity contribution in [3.63, 3.8) is 0 Å². The smallest absolute Gasteiger partial charge is 0.240 e. The highest BCUT2D eigenvalue weighted by atomic mass is 35.5. The number of rotatable bonds is 6. The molecule has 1 saturated carbocycles. The van der Waals surface area contributed by atoms with E-state index >= 15 is 0 Å². The maximum Gasteiger partial charge on any atom is 0.240 e. The fourth-order valence-electron chi connectivity index (χ4n) is 6.82. The summed E-state index contributed by atoms with van der Waals surface area (Å²) in [7, 11) is 2.01. The van der Waals surface area contributed by atoms with Gasteiger partial charge in [-0.15, -0.1) is 23.4 Å². The van der Waals surface area contributed by atoms with Crippen LogP contribution in [0.5, 0.6) is 0 Å². The van der Waals surface area contributed by atoms with Crippen molar-refractivity contribution in [3.05, 3.63) is 0 Å². The number of aliphatic hydroxyl groups is 2. The molecule has 9 heteroatoms. The zero-order chi connectivity index (χ0) is 24.4. The SMILES string of the molecule is CSC1O[C@H]([C@H](NC(=O)[C@@H]2[C@@H]3OCCC(C4CCCCC4)C[C@H]3CN2C)[C@H](C)Cl)C[C@@H](O)C1O. The summed E-state index contributed by atoms with van der Waals surface area (Å²) in [4.78, 5) is 15.7. The number of likely N-dealkylation sites (N-methyl/N-ethyl adjacent to an activating group) is 1. The summed E-state index contributed by atoms with van der Waals surface area (Å²) in [6, 6.07) is -0.831. The summed E-state index contributed by atoms with van der Waals surface area (Å²) in [5.74, 6) is 1.79. The third-order valence-electron chi connectivity index (χ3n) is 8.66. The zero-order valence-corrected chi connectivity index (χ0v) is 22.3. The van der Waals surface area contributed by atoms with Gasteiger partial charge in [-0.1, -0.05) is 32.1 Å². The van der Waals surface area contributed by atoms with Gasteiger partial charge in [0.2, 0.25) is 5.91 Å². The van der Waals surface area contributed by atoms with Gasteiger partial charge in [0.15, 0.2) is 0 Å². The van der Waals surface area contributed by atoms with E-state index in [-0.39, 0.29) is 24.5 Å². The number of amides is 1. The molecule has 0 spiro atoms. The van der Waals surface area contributed by atoms with Crippen molar-refractivity contribution >= 4 is 29.3 Å². The fourth-order valence-corrected chi connectivity index (χ4v) is 7.76. The third-order valence-corrected chi connectivity index (χ3v) is 9.78. The van der Waals surface area contributed by atoms with Crippen LogP contribution in [0.25, 0.3) is 0 Å². The van der Waals surface area contributed by atoms with Gasteiger partial charge in [0.25, 0.3) is 0 Å². The molecule has 3 N–H and O–H groups in total. The highest BCUT2D eigenvalue weighted by Crippen LogP contribution is 2.41. The topological polar surface area (TPSA) is 91.3 Å². The molecule has 4 rings (SSSR count). The van der Waals surface area contributed by atoms with E-state index in [2.05, 4.69) is 10.2 Å². The normalized spacial score (nSPS) is 41.9. The molecule has 0 aromatic carbocycles. The predicted octanol–water partition coefficient (Wildman–Crippen LogP) is 2.60. The Hall–Kier alpha value is -0.0900. The quantitative estimate of drug-likeness (QED) is 0.465. The first-order valence-corrected chi connectivity index (χ1v) is 14.8. The molecule has 10 atom stereocenters. The number of carbonyl (C=O) groups excluding carboxylic acids is 1. The number of likely N-dealkylation sites (tertiary alicyclic amines) is 1. The minimum absolute atomic E-state index is 0.0893. The van der Waals surface area contributed by atoms with E-state index in [1.54, 1.807) is 0 Å². The first-order chi connectivity index (χ1) is 16.3. The summed E-state index contributed by atoms with van der Waals surface area (Å²) in [5, 5.41) is 23.3. The average molecular weight is 519 g/mol. The van der Waals surface area contributed by atoms with Crippen LogP contribution in [0.3, 0.4) is 0 Å². The van der Waals surface area contributed by atoms with Gasteiger partial charge in [0, 0.05) is 25.5 Å². The van der Waals surface area contributed by atoms with Crippen LogP contribution in [0.4, 0.5) is 0 Å². The molecule has 0 radical (unpaired) electrons. The van der Waals surface area contributed by atoms with Gasteiger partial charge >= 0.3 is 0 Å². The van der Waals surface area contributed by atoms with Crippen molar-refractivity contribution in [1.29, 1.82) is 0 Å². The molecule has 4 aliphatic rings. The standard InChI is InChI=1S/C25H43ClN2O5S/c1-14(26)20(19-12-18(29)22(30)25(33-19)34-3)27-24(31)21-23-17(13-28(21)2)11-16(9-10-32-23)15-7-5-4-6-8-15/h14-23,25,29-30H,4-13H2,1-3H3,(H,27,31)/t14-,16?,17-,18+,19-,20+,21-,22?,23+,25?/m0/s1. The van der Waals surface area contributed by atoms with Gasteiger partial charge in [-0.2, -0.15) is 0 Å². The van der Waals surface area contributed by atoms with E-state index in [4.69, 9.17) is 21.1 Å². The van der Waals surface area contributed by atoms with E-state index in [9.17, 15) is 15.0 Å². The molecule has 3 unspecified atom stereocenters. The molecule has 196 valence electrons. The van der Waals surface area contributed by atoms with Crippen molar-refractivity contribution in [2.45, 2.75) is 106 Å². The van der Waals surface area contributed by atoms with E-state index in [0.29, 0.717) is 11.8 Å². The van der Waals surface area contributed by atoms with Crippen LogP contribution in [0.2, 0.25) is 0 Å². The summed E-state index contributed by atoms with van der Waals surface area (Å²) in [6.45, 7) is 3.42. The second kappa shape index (κ2) is 12.0. The minimum Gasteiger partial charge on any atom is -0.390 e. The number of nitrogens with zero attached hydrogens (tertiary/aromatic N) is 1. The molecule has 1 amide bonds. The second-order valence-electron chi connectivity index (χ2n) is 10.9. The van der Waals surface area contributed by atoms with Crippen LogP contribution in [-0.4, -0.2) is 94.8 Å². The maximum atomic E-state index is 13.6. The second-order valence-corrected chi connectivity index (χ2v) is 12.6. The van der Waals surface area contributed by atoms with Gasteiger partial charge in [-0.05, 0) is 44.9 Å². The highest BCUT2D eigenvalue weighted by Gasteiger charge is 2.49. The third kappa shape index (κ3) is 5.90. The Morgan fingerprint density at radius 1 is 1.12 bits per heavy atom. The summed E-state index contributed by atoms with van der Waals surface area (Å²) >= 11 is 7.87. The monoisotopic (exact) mass is 518 g/mol. The van der Waals surface area contributed by atoms with E-state index in [1.165, 1.54) is 43.9 Å². The molecule has 4 fully saturated rings. The van der Waals surface area contributed by atoms with Crippen molar-refractivity contribution in [1.82, 2.24) is 10.2 Å². The van der Waals surface area contributed by atoms with Crippen LogP contribution >= 0.6 is 23.4 Å². The van der Waals surface area contributed by atoms with Gasteiger partial charge < -0.3 is 25.0 Å². The number of hydrogen-bond donors (Lipinski definition) is 3. The molecular formula is C25H43ClN2O5S. The van der Waals surface area contributed by atoms with Gasteiger partial charge in [0.05, 0.1) is 29.7 Å². The van der Waals surface area contributed by atoms with E-state index in [1.807, 2.05) is 20.2 Å². The van der Waals surface area contributed by atoms with Crippen LogP contribution in [0, 0.1) is 17.8 Å². The predicted molar refractivity (Wildman–Crippen MR) is 135 cm³/mol. The Balaban J connectivity index is 1.42. The largest absolute Gasteiger partial charge is 0.390 e. The van der Waals surface area contributed by atoms with Gasteiger partial charge in [-0.25, -0.2) is 0 Å². The van der Waals surface area contributed by atoms with Crippen LogP contribution in [0.15, 0.2) is 0 Å². The first-order valence-electron chi connectivity index (χ1n) is 13.1. The lowest BCUT2D eigenvalue weighted by atomic mass is 9.75. The Labute approximate surface area is 213 Å². The number of halogens is 1. The Morgan fingerprint density at radius 3 is 2.53 bits per heavy atom. The Bertz CT molecular complexity index is 682. The van der Waals surface area contributed by atoms with Crippen molar-refractivity contribution < 1.29 is 24.5 Å². The molecule has 1 aliphatic carbocycles. The summed E-state index contributed by atoms with van der Waals surface area (Å²) < 4.78 is 12.4. The summed E-state index contributed by atoms with van der Waals surface area (Å²) in [5.41, 5.74) is -0.552. The number of aliphatic hydroxyl groups excluding tert-OH is 2. The number of nitrogens with one attached hydrogen (secondary N) is 1. The zero-order valence-electron chi connectivity index (χ0n) is 20.8. The fraction of sp³-hybridized carbons (Fsp3) is 0.960. The van der Waals surface area contributed by atoms with Crippen LogP contribution in [-0.2, 0) is 14.3 Å². The molecule has 0 aromatic rings. The highest BCUT2D eigenvalue weighted by molar-refractivity contribution is 7.99. The van der Waals surface area contributed by atoms with Crippen molar-refractivity contribution in [2.24, 2.45) is 17.8 Å². The molecule has 3 aliphatic heterocycles. The Kier molecular flexibility index (Phi) is 9.49. The number of alkyl halides is 1. The van der Waals surface area contributed by atoms with Gasteiger partial charge in [-0.3, -0.25) is 9.69 Å². The number of ether oxygens (including phenoxy) is 2. The number of carbonyl (C=O) groups is 1. The van der Waals surface area contributed by atoms with Gasteiger partial charge in [0.1, 0.15) is 17.6 Å². The Morgan fingerprint density at radius 2 is 1.85 bits per heavy atom. The molecule has 0 bridgehead atoms. The van der Waals surface area contributed by atoms with Crippen molar-refractivity contribution in [2.75, 3.05) is 26.5 Å². The lowest BCUT2D eigenvalue weighted by Gasteiger charge is -2.41. The molecule has 7 nitrogen and oxygen atoms in total. The number of fused-ring (bicyclic) bond motifs is 1. The summed E-state index contributed by atoms with van der Waals surface area (Å²) in [6.07, 6.45) is 8.62. The van der Waals surface area contributed by atoms with Crippen LogP contribution in [0.1, 0.15) is 58.3 Å². The van der Waals surface area contributed by atoms with Crippen molar-refractivity contribution in [3.8, 4) is 0 Å². The molecule has 0 aromatic heterocycles. The maximum absolute atomic E-state index is 13.6. The number of thioether (sulfide) groups is 1. The molecule has 34 heavy (non-hydrogen) atoms. The van der Waals surface area contributed by atoms with E-state index in [0.717, 1.165) is 31.9 Å². The lowest BCUT2D eigenvalue weighted by Crippen LogP contribution is -2.59. The van der Waals surface area contributed by atoms with E-state index < -0.39 is 35.2 Å². The minimum atomic E-state index is -0.952. The molecule has 3 saturated heterocycles. The molecular weight excluding hydrogens is 476 g/mol.